The van der Waals surface area contributed by atoms with E-state index >= 15 is 0 Å². The SMILES string of the molecule is C[C@@H]1C[C@@H](O)[C@@H](O)[C@H](O)[C@@H]1O. The quantitative estimate of drug-likeness (QED) is 0.348. The van der Waals surface area contributed by atoms with Crippen LogP contribution in [0.1, 0.15) is 13.3 Å². The molecule has 4 nitrogen and oxygen atoms in total. The first kappa shape index (κ1) is 8.93. The Labute approximate surface area is 65.1 Å². The van der Waals surface area contributed by atoms with Crippen molar-refractivity contribution < 1.29 is 20.4 Å². The highest BCUT2D eigenvalue weighted by molar-refractivity contribution is 4.90. The Kier molecular flexibility index (Phi) is 2.49. The number of aliphatic hydroxyl groups excluding tert-OH is 4. The summed E-state index contributed by atoms with van der Waals surface area (Å²) in [6.45, 7) is 1.73. The molecule has 0 heterocycles. The van der Waals surface area contributed by atoms with Gasteiger partial charge < -0.3 is 20.4 Å². The maximum absolute atomic E-state index is 9.21. The average molecular weight is 162 g/mol. The molecule has 0 unspecified atom stereocenters. The minimum Gasteiger partial charge on any atom is -0.390 e. The van der Waals surface area contributed by atoms with E-state index in [-0.39, 0.29) is 5.92 Å². The zero-order valence-electron chi connectivity index (χ0n) is 6.38. The van der Waals surface area contributed by atoms with Crippen molar-refractivity contribution in [2.45, 2.75) is 37.8 Å². The molecule has 0 aromatic rings. The summed E-state index contributed by atoms with van der Waals surface area (Å²) in [7, 11) is 0. The molecule has 1 aliphatic rings. The van der Waals surface area contributed by atoms with Crippen LogP contribution in [0.15, 0.2) is 0 Å². The molecule has 11 heavy (non-hydrogen) atoms. The lowest BCUT2D eigenvalue weighted by molar-refractivity contribution is -0.154. The zero-order valence-corrected chi connectivity index (χ0v) is 6.38. The van der Waals surface area contributed by atoms with Gasteiger partial charge in [-0.3, -0.25) is 0 Å². The third-order valence-corrected chi connectivity index (χ3v) is 2.29. The van der Waals surface area contributed by atoms with Gasteiger partial charge in [-0.1, -0.05) is 6.92 Å². The second-order valence-electron chi connectivity index (χ2n) is 3.25. The third kappa shape index (κ3) is 1.54. The normalized spacial score (nSPS) is 52.6. The van der Waals surface area contributed by atoms with Crippen LogP contribution in [0.25, 0.3) is 0 Å². The highest BCUT2D eigenvalue weighted by Gasteiger charge is 2.39. The molecule has 4 heteroatoms. The minimum atomic E-state index is -1.21. The van der Waals surface area contributed by atoms with Crippen LogP contribution in [0.2, 0.25) is 0 Å². The van der Waals surface area contributed by atoms with E-state index in [0.29, 0.717) is 6.42 Å². The summed E-state index contributed by atoms with van der Waals surface area (Å²) in [5.74, 6) is -0.164. The van der Waals surface area contributed by atoms with Crippen LogP contribution in [0.5, 0.6) is 0 Å². The number of aliphatic hydroxyl groups is 4. The molecule has 0 aromatic carbocycles. The fourth-order valence-corrected chi connectivity index (χ4v) is 1.43. The molecule has 66 valence electrons. The van der Waals surface area contributed by atoms with Crippen molar-refractivity contribution in [1.82, 2.24) is 0 Å². The summed E-state index contributed by atoms with van der Waals surface area (Å²) < 4.78 is 0. The van der Waals surface area contributed by atoms with Gasteiger partial charge >= 0.3 is 0 Å². The molecule has 1 aliphatic carbocycles. The summed E-state index contributed by atoms with van der Waals surface area (Å²) in [6, 6.07) is 0. The molecule has 0 saturated heterocycles. The second kappa shape index (κ2) is 3.06. The van der Waals surface area contributed by atoms with E-state index in [1.165, 1.54) is 0 Å². The molecule has 0 aromatic heterocycles. The maximum atomic E-state index is 9.21. The summed E-state index contributed by atoms with van der Waals surface area (Å²) in [6.07, 6.45) is -3.92. The first-order chi connectivity index (χ1) is 5.04. The highest BCUT2D eigenvalue weighted by Crippen LogP contribution is 2.24. The minimum absolute atomic E-state index is 0.164. The maximum Gasteiger partial charge on any atom is 0.108 e. The Morgan fingerprint density at radius 1 is 0.909 bits per heavy atom. The van der Waals surface area contributed by atoms with E-state index in [0.717, 1.165) is 0 Å². The van der Waals surface area contributed by atoms with Gasteiger partial charge in [0.2, 0.25) is 0 Å². The van der Waals surface area contributed by atoms with Crippen LogP contribution in [-0.2, 0) is 0 Å². The van der Waals surface area contributed by atoms with Crippen molar-refractivity contribution in [1.29, 1.82) is 0 Å². The Morgan fingerprint density at radius 3 is 2.00 bits per heavy atom. The van der Waals surface area contributed by atoms with Crippen LogP contribution in [0.3, 0.4) is 0 Å². The lowest BCUT2D eigenvalue weighted by atomic mass is 9.82. The Bertz CT molecular complexity index is 124. The first-order valence-corrected chi connectivity index (χ1v) is 3.76. The highest BCUT2D eigenvalue weighted by atomic mass is 16.4. The fourth-order valence-electron chi connectivity index (χ4n) is 1.43. The monoisotopic (exact) mass is 162 g/mol. The van der Waals surface area contributed by atoms with E-state index in [4.69, 9.17) is 15.3 Å². The van der Waals surface area contributed by atoms with Gasteiger partial charge in [0, 0.05) is 0 Å². The molecule has 1 fully saturated rings. The molecule has 5 atom stereocenters. The number of hydrogen-bond donors (Lipinski definition) is 4. The average Bonchev–Trinajstić information content (AvgIpc) is 1.97. The van der Waals surface area contributed by atoms with Gasteiger partial charge in [-0.05, 0) is 12.3 Å². The lowest BCUT2D eigenvalue weighted by Crippen LogP contribution is -2.52. The molecule has 0 bridgehead atoms. The van der Waals surface area contributed by atoms with Gasteiger partial charge in [-0.15, -0.1) is 0 Å². The van der Waals surface area contributed by atoms with Crippen molar-refractivity contribution in [2.24, 2.45) is 5.92 Å². The molecule has 0 radical (unpaired) electrons. The molecule has 0 amide bonds. The standard InChI is InChI=1S/C7H14O4/c1-3-2-4(8)6(10)7(11)5(3)9/h3-11H,2H2,1H3/t3-,4-,5-,6-,7-/m1/s1. The van der Waals surface area contributed by atoms with E-state index in [9.17, 15) is 5.11 Å². The van der Waals surface area contributed by atoms with Crippen molar-refractivity contribution in [3.63, 3.8) is 0 Å². The van der Waals surface area contributed by atoms with Crippen LogP contribution in [0.4, 0.5) is 0 Å². The van der Waals surface area contributed by atoms with E-state index in [1.807, 2.05) is 0 Å². The molecule has 1 saturated carbocycles. The summed E-state index contributed by atoms with van der Waals surface area (Å²) in [5, 5.41) is 36.5. The van der Waals surface area contributed by atoms with Gasteiger partial charge in [-0.2, -0.15) is 0 Å². The molecular formula is C7H14O4. The van der Waals surface area contributed by atoms with Crippen molar-refractivity contribution in [3.8, 4) is 0 Å². The first-order valence-electron chi connectivity index (χ1n) is 3.76. The largest absolute Gasteiger partial charge is 0.390 e. The molecular weight excluding hydrogens is 148 g/mol. The predicted octanol–water partition coefficient (Wildman–Crippen LogP) is -1.53. The predicted molar refractivity (Wildman–Crippen MR) is 37.8 cm³/mol. The van der Waals surface area contributed by atoms with Gasteiger partial charge in [-0.25, -0.2) is 0 Å². The van der Waals surface area contributed by atoms with Gasteiger partial charge in [0.05, 0.1) is 12.2 Å². The van der Waals surface area contributed by atoms with Gasteiger partial charge in [0.25, 0.3) is 0 Å². The smallest absolute Gasteiger partial charge is 0.108 e. The Balaban J connectivity index is 2.63. The fraction of sp³-hybridized carbons (Fsp3) is 1.00. The van der Waals surface area contributed by atoms with Crippen LogP contribution >= 0.6 is 0 Å². The second-order valence-corrected chi connectivity index (χ2v) is 3.25. The van der Waals surface area contributed by atoms with Crippen molar-refractivity contribution in [2.75, 3.05) is 0 Å². The number of rotatable bonds is 0. The van der Waals surface area contributed by atoms with Crippen molar-refractivity contribution >= 4 is 0 Å². The molecule has 0 aliphatic heterocycles. The van der Waals surface area contributed by atoms with E-state index in [2.05, 4.69) is 0 Å². The Morgan fingerprint density at radius 2 is 1.45 bits per heavy atom. The van der Waals surface area contributed by atoms with E-state index in [1.54, 1.807) is 6.92 Å². The van der Waals surface area contributed by atoms with Crippen molar-refractivity contribution in [3.05, 3.63) is 0 Å². The molecule has 0 spiro atoms. The van der Waals surface area contributed by atoms with Crippen LogP contribution in [0, 0.1) is 5.92 Å². The third-order valence-electron chi connectivity index (χ3n) is 2.29. The van der Waals surface area contributed by atoms with Crippen LogP contribution in [-0.4, -0.2) is 44.8 Å². The Hall–Kier alpha value is -0.160. The zero-order chi connectivity index (χ0) is 8.59. The lowest BCUT2D eigenvalue weighted by Gasteiger charge is -2.36. The summed E-state index contributed by atoms with van der Waals surface area (Å²) >= 11 is 0. The van der Waals surface area contributed by atoms with E-state index < -0.39 is 24.4 Å². The van der Waals surface area contributed by atoms with Gasteiger partial charge in [0.1, 0.15) is 12.2 Å². The van der Waals surface area contributed by atoms with Gasteiger partial charge in [0.15, 0.2) is 0 Å². The topological polar surface area (TPSA) is 80.9 Å². The van der Waals surface area contributed by atoms with Crippen LogP contribution < -0.4 is 0 Å². The molecule has 4 N–H and O–H groups in total. The summed E-state index contributed by atoms with van der Waals surface area (Å²) in [5.41, 5.74) is 0. The number of hydrogen-bond acceptors (Lipinski definition) is 4. The summed E-state index contributed by atoms with van der Waals surface area (Å²) in [4.78, 5) is 0. The molecule has 1 rings (SSSR count).